The predicted molar refractivity (Wildman–Crippen MR) is 178 cm³/mol. The lowest BCUT2D eigenvalue weighted by Crippen LogP contribution is -2.51. The van der Waals surface area contributed by atoms with Crippen LogP contribution in [-0.4, -0.2) is 29.1 Å². The highest BCUT2D eigenvalue weighted by molar-refractivity contribution is 6.69. The van der Waals surface area contributed by atoms with E-state index in [1.54, 1.807) is 5.57 Å². The van der Waals surface area contributed by atoms with Crippen molar-refractivity contribution in [3.63, 3.8) is 0 Å². The van der Waals surface area contributed by atoms with E-state index in [1.807, 2.05) is 5.57 Å². The number of hydrogen-bond donors (Lipinski definition) is 0. The fourth-order valence-corrected chi connectivity index (χ4v) is 12.7. The van der Waals surface area contributed by atoms with Crippen molar-refractivity contribution in [3.05, 3.63) is 23.3 Å². The number of hydrogen-bond acceptors (Lipinski definition) is 2. The first-order chi connectivity index (χ1) is 18.7. The van der Waals surface area contributed by atoms with Gasteiger partial charge < -0.3 is 8.85 Å². The third kappa shape index (κ3) is 6.81. The molecule has 0 aliphatic heterocycles. The van der Waals surface area contributed by atoms with E-state index in [0.717, 1.165) is 36.5 Å². The standard InChI is InChI=1S/C36H65O2Si2/c1-11-12-18-33(37-39(6)7)36(5,38-40(8,9)10)25-15-16-27(2)30-21-22-31-29-20-19-28-17-13-14-24-34(28,3)32(29)23-26-35(30,31)4/h19-20,27,30-33H,11-18,21-26H2,1-10H3/t27-,30-,31+,32+,33?,34+,35-,36?/m1/s1. The largest absolute Gasteiger partial charge is 0.411 e. The Labute approximate surface area is 252 Å². The molecule has 4 aliphatic carbocycles. The number of rotatable bonds is 13. The van der Waals surface area contributed by atoms with E-state index in [1.165, 1.54) is 77.0 Å². The summed E-state index contributed by atoms with van der Waals surface area (Å²) < 4.78 is 13.7. The van der Waals surface area contributed by atoms with Crippen molar-refractivity contribution in [2.75, 3.05) is 0 Å². The third-order valence-corrected chi connectivity index (χ3v) is 13.8. The molecule has 0 spiro atoms. The molecule has 229 valence electrons. The molecule has 0 aromatic carbocycles. The minimum atomic E-state index is -1.70. The maximum Gasteiger partial charge on any atom is 0.205 e. The third-order valence-electron chi connectivity index (χ3n) is 12.0. The molecule has 0 amide bonds. The summed E-state index contributed by atoms with van der Waals surface area (Å²) in [4.78, 5) is 0. The van der Waals surface area contributed by atoms with Crippen molar-refractivity contribution in [1.29, 1.82) is 0 Å². The van der Waals surface area contributed by atoms with Crippen LogP contribution in [0.15, 0.2) is 23.3 Å². The molecule has 0 heterocycles. The summed E-state index contributed by atoms with van der Waals surface area (Å²) in [6, 6.07) is 0. The Hall–Kier alpha value is -0.166. The molecule has 0 bridgehead atoms. The van der Waals surface area contributed by atoms with Crippen molar-refractivity contribution < 1.29 is 8.85 Å². The average molecular weight is 586 g/mol. The van der Waals surface area contributed by atoms with Gasteiger partial charge in [-0.25, -0.2) is 0 Å². The van der Waals surface area contributed by atoms with Crippen LogP contribution in [0.25, 0.3) is 0 Å². The van der Waals surface area contributed by atoms with E-state index in [9.17, 15) is 0 Å². The van der Waals surface area contributed by atoms with Gasteiger partial charge in [0.25, 0.3) is 0 Å². The summed E-state index contributed by atoms with van der Waals surface area (Å²) in [6.45, 7) is 24.3. The summed E-state index contributed by atoms with van der Waals surface area (Å²) >= 11 is 0. The molecular weight excluding hydrogens is 521 g/mol. The maximum atomic E-state index is 7.03. The van der Waals surface area contributed by atoms with Crippen LogP contribution in [0, 0.1) is 34.5 Å². The number of fused-ring (bicyclic) bond motifs is 5. The lowest BCUT2D eigenvalue weighted by atomic mass is 9.50. The molecule has 2 nitrogen and oxygen atoms in total. The Kier molecular flexibility index (Phi) is 10.5. The summed E-state index contributed by atoms with van der Waals surface area (Å²) in [5.41, 5.74) is 4.44. The molecule has 2 unspecified atom stereocenters. The fraction of sp³-hybridized carbons (Fsp3) is 0.889. The zero-order valence-electron chi connectivity index (χ0n) is 28.3. The van der Waals surface area contributed by atoms with Gasteiger partial charge in [-0.05, 0) is 132 Å². The molecule has 4 aliphatic rings. The van der Waals surface area contributed by atoms with Crippen molar-refractivity contribution in [2.45, 2.75) is 169 Å². The van der Waals surface area contributed by atoms with E-state index in [2.05, 4.69) is 79.5 Å². The van der Waals surface area contributed by atoms with Crippen LogP contribution in [0.5, 0.6) is 0 Å². The van der Waals surface area contributed by atoms with E-state index in [-0.39, 0.29) is 11.7 Å². The highest BCUT2D eigenvalue weighted by atomic mass is 28.4. The Morgan fingerprint density at radius 1 is 1.00 bits per heavy atom. The van der Waals surface area contributed by atoms with Crippen molar-refractivity contribution >= 4 is 17.4 Å². The van der Waals surface area contributed by atoms with Crippen LogP contribution in [-0.2, 0) is 8.85 Å². The molecule has 0 aromatic rings. The van der Waals surface area contributed by atoms with Crippen molar-refractivity contribution in [1.82, 2.24) is 0 Å². The second-order valence-corrected chi connectivity index (χ2v) is 22.9. The summed E-state index contributed by atoms with van der Waals surface area (Å²) in [5.74, 6) is 3.29. The van der Waals surface area contributed by atoms with Crippen molar-refractivity contribution in [2.24, 2.45) is 34.5 Å². The van der Waals surface area contributed by atoms with Crippen LogP contribution in [0.1, 0.15) is 125 Å². The first-order valence-electron chi connectivity index (χ1n) is 17.3. The summed E-state index contributed by atoms with van der Waals surface area (Å²) in [7, 11) is -2.47. The maximum absolute atomic E-state index is 7.03. The van der Waals surface area contributed by atoms with Gasteiger partial charge in [-0.2, -0.15) is 0 Å². The summed E-state index contributed by atoms with van der Waals surface area (Å²) in [6.07, 6.45) is 24.1. The first kappa shape index (κ1) is 32.7. The Morgan fingerprint density at radius 2 is 1.75 bits per heavy atom. The lowest BCUT2D eigenvalue weighted by Gasteiger charge is -2.55. The number of unbranched alkanes of at least 4 members (excludes halogenated alkanes) is 1. The fourth-order valence-electron chi connectivity index (χ4n) is 10.1. The molecule has 8 atom stereocenters. The van der Waals surface area contributed by atoms with Crippen LogP contribution >= 0.6 is 0 Å². The SMILES string of the molecule is CCCCC(O[Si](C)C)C(C)(CCC[C@@H](C)[C@H]1CC[C@H]2C3=CC=C4CCCC[C@]4(C)[C@H]3CC[C@]12C)O[Si](C)(C)C. The second-order valence-electron chi connectivity index (χ2n) is 16.4. The molecule has 40 heavy (non-hydrogen) atoms. The van der Waals surface area contributed by atoms with Gasteiger partial charge in [0.2, 0.25) is 9.04 Å². The highest BCUT2D eigenvalue weighted by Gasteiger charge is 2.56. The monoisotopic (exact) mass is 585 g/mol. The van der Waals surface area contributed by atoms with Gasteiger partial charge in [-0.15, -0.1) is 0 Å². The molecule has 3 fully saturated rings. The minimum absolute atomic E-state index is 0.159. The Bertz CT molecular complexity index is 918. The quantitative estimate of drug-likeness (QED) is 0.200. The van der Waals surface area contributed by atoms with Gasteiger partial charge >= 0.3 is 0 Å². The lowest BCUT2D eigenvalue weighted by molar-refractivity contribution is -0.0475. The molecule has 4 rings (SSSR count). The van der Waals surface area contributed by atoms with Gasteiger partial charge in [0.15, 0.2) is 8.32 Å². The van der Waals surface area contributed by atoms with Gasteiger partial charge in [0.05, 0.1) is 11.7 Å². The Balaban J connectivity index is 1.44. The molecule has 0 saturated heterocycles. The zero-order valence-corrected chi connectivity index (χ0v) is 30.3. The van der Waals surface area contributed by atoms with Gasteiger partial charge in [-0.3, -0.25) is 0 Å². The predicted octanol–water partition coefficient (Wildman–Crippen LogP) is 11.1. The molecular formula is C36H65O2Si2. The van der Waals surface area contributed by atoms with Crippen LogP contribution in [0.3, 0.4) is 0 Å². The number of allylic oxidation sites excluding steroid dienone is 4. The average Bonchev–Trinajstić information content (AvgIpc) is 3.22. The molecule has 4 heteroatoms. The molecule has 1 radical (unpaired) electrons. The highest BCUT2D eigenvalue weighted by Crippen LogP contribution is 2.66. The van der Waals surface area contributed by atoms with Crippen molar-refractivity contribution in [3.8, 4) is 0 Å². The minimum Gasteiger partial charge on any atom is -0.411 e. The normalized spacial score (nSPS) is 35.2. The molecule has 3 saturated carbocycles. The molecule has 0 N–H and O–H groups in total. The van der Waals surface area contributed by atoms with Gasteiger partial charge in [0.1, 0.15) is 0 Å². The van der Waals surface area contributed by atoms with Crippen LogP contribution < -0.4 is 0 Å². The van der Waals surface area contributed by atoms with Gasteiger partial charge in [0, 0.05) is 0 Å². The smallest absolute Gasteiger partial charge is 0.205 e. The van der Waals surface area contributed by atoms with Crippen LogP contribution in [0.2, 0.25) is 32.7 Å². The van der Waals surface area contributed by atoms with Crippen LogP contribution in [0.4, 0.5) is 0 Å². The second kappa shape index (κ2) is 12.8. The first-order valence-corrected chi connectivity index (χ1v) is 23.1. The molecule has 0 aromatic heterocycles. The van der Waals surface area contributed by atoms with E-state index in [0.29, 0.717) is 10.8 Å². The van der Waals surface area contributed by atoms with Gasteiger partial charge in [-0.1, -0.05) is 83.1 Å². The van der Waals surface area contributed by atoms with E-state index < -0.39 is 17.4 Å². The zero-order chi connectivity index (χ0) is 29.3. The topological polar surface area (TPSA) is 18.5 Å². The van der Waals surface area contributed by atoms with E-state index in [4.69, 9.17) is 8.85 Å². The Morgan fingerprint density at radius 3 is 2.42 bits per heavy atom. The van der Waals surface area contributed by atoms with E-state index >= 15 is 0 Å². The summed E-state index contributed by atoms with van der Waals surface area (Å²) in [5, 5.41) is 0.